The van der Waals surface area contributed by atoms with E-state index in [4.69, 9.17) is 23.1 Å². The van der Waals surface area contributed by atoms with Gasteiger partial charge in [0.2, 0.25) is 47.3 Å². The number of Topliss-reactive ketones (excluding diaryl/α,β-unsaturated/α-hetero) is 1. The van der Waals surface area contributed by atoms with Gasteiger partial charge in [-0.15, -0.1) is 5.10 Å². The highest BCUT2D eigenvalue weighted by molar-refractivity contribution is 8.00. The molecule has 0 radical (unpaired) electrons. The van der Waals surface area contributed by atoms with Crippen LogP contribution in [0.2, 0.25) is 5.02 Å². The number of unbranched alkanes of at least 4 members (excludes halogenated alkanes) is 15. The van der Waals surface area contributed by atoms with Crippen LogP contribution in [0.1, 0.15) is 209 Å². The zero-order valence-corrected chi connectivity index (χ0v) is 63.7. The Bertz CT molecular complexity index is 3670. The summed E-state index contributed by atoms with van der Waals surface area (Å²) in [5.74, 6) is -5.89. The Kier molecular flexibility index (Phi) is 35.6. The summed E-state index contributed by atoms with van der Waals surface area (Å²) in [5.41, 5.74) is 14.9. The van der Waals surface area contributed by atoms with Gasteiger partial charge in [-0.05, 0) is 143 Å². The summed E-state index contributed by atoms with van der Waals surface area (Å²) in [7, 11) is 0. The molecule has 3 aromatic carbocycles. The SMILES string of the molecule is CCCCCCCCCCCCCCCC(=O)NCCCC[C@@H](NC(=O)[C@H]1CCCCn2cc(nn2)C[C@@H](NC(=O)CCCC[C@@H]2SC[C@@H]3NC(=O)N[C@@H]32)C(=O)N[C@@H](Cc2c[nH]c3ccccc23)C(=O)N[C@@H](CCCCN)C(=O)N[C@@H](Cc2ccc(O)cc2)C(=O)C[C@@H](Cc2ccc(Cl)cc2)C(=O)N1)C(N)=O. The van der Waals surface area contributed by atoms with Gasteiger partial charge in [0.1, 0.15) is 36.0 Å². The van der Waals surface area contributed by atoms with E-state index >= 15 is 24.0 Å². The van der Waals surface area contributed by atoms with Crippen molar-refractivity contribution in [1.29, 1.82) is 0 Å². The number of carbonyl (C=O) groups is 10. The molecule has 10 atom stereocenters. The average Bonchev–Trinajstić information content (AvgIpc) is 1.39. The van der Waals surface area contributed by atoms with Crippen molar-refractivity contribution in [3.05, 3.63) is 113 Å². The lowest BCUT2D eigenvalue weighted by molar-refractivity contribution is -0.135. The van der Waals surface area contributed by atoms with Crippen molar-refractivity contribution in [3.8, 4) is 5.75 Å². The Balaban J connectivity index is 1.02. The number of thioether (sulfide) groups is 1. The number of para-hydroxylation sites is 1. The van der Waals surface area contributed by atoms with Crippen molar-refractivity contribution in [1.82, 2.24) is 67.8 Å². The molecule has 5 heterocycles. The van der Waals surface area contributed by atoms with E-state index in [1.165, 1.54) is 76.3 Å². The fourth-order valence-electron chi connectivity index (χ4n) is 14.3. The molecule has 10 amide bonds. The molecule has 5 aromatic rings. The van der Waals surface area contributed by atoms with Crippen molar-refractivity contribution >= 4 is 93.3 Å². The molecule has 15 N–H and O–H groups in total. The largest absolute Gasteiger partial charge is 0.508 e. The number of aromatic amines is 1. The molecule has 8 rings (SSSR count). The Morgan fingerprint density at radius 1 is 0.664 bits per heavy atom. The van der Waals surface area contributed by atoms with Crippen LogP contribution in [0.15, 0.2) is 85.2 Å². The average molecular weight is 1520 g/mol. The maximum Gasteiger partial charge on any atom is 0.315 e. The first-order valence-corrected chi connectivity index (χ1v) is 40.5. The summed E-state index contributed by atoms with van der Waals surface area (Å²) >= 11 is 8.12. The molecule has 2 saturated heterocycles. The molecule has 2 bridgehead atoms. The zero-order chi connectivity index (χ0) is 76.3. The Labute approximate surface area is 638 Å². The molecule has 0 saturated carbocycles. The second-order valence-electron chi connectivity index (χ2n) is 29.1. The van der Waals surface area contributed by atoms with Gasteiger partial charge < -0.3 is 69.4 Å². The number of aromatic nitrogens is 4. The van der Waals surface area contributed by atoms with Crippen molar-refractivity contribution in [2.45, 2.75) is 273 Å². The fourth-order valence-corrected chi connectivity index (χ4v) is 16.0. The number of aromatic hydroxyl groups is 1. The molecule has 2 fully saturated rings. The summed E-state index contributed by atoms with van der Waals surface area (Å²) in [5, 5.41) is 46.9. The molecule has 0 spiro atoms. The first kappa shape index (κ1) is 84.1. The van der Waals surface area contributed by atoms with Gasteiger partial charge in [-0.25, -0.2) is 4.79 Å². The number of aryl methyl sites for hydroxylation is 1. The normalized spacial score (nSPS) is 21.5. The number of benzene rings is 3. The lowest BCUT2D eigenvalue weighted by Crippen LogP contribution is -2.58. The van der Waals surface area contributed by atoms with E-state index in [2.05, 4.69) is 70.1 Å². The van der Waals surface area contributed by atoms with Crippen LogP contribution in [0.25, 0.3) is 10.9 Å². The van der Waals surface area contributed by atoms with Gasteiger partial charge in [0.15, 0.2) is 5.78 Å². The van der Waals surface area contributed by atoms with Crippen molar-refractivity contribution in [2.75, 3.05) is 18.8 Å². The number of carbonyl (C=O) groups excluding carboxylic acids is 10. The van der Waals surface area contributed by atoms with Gasteiger partial charge in [0.05, 0.1) is 23.8 Å². The summed E-state index contributed by atoms with van der Waals surface area (Å²) in [6, 6.07) is 12.4. The monoisotopic (exact) mass is 1520 g/mol. The maximum absolute atomic E-state index is 15.3. The first-order chi connectivity index (χ1) is 51.8. The van der Waals surface area contributed by atoms with Crippen molar-refractivity contribution in [2.24, 2.45) is 17.4 Å². The van der Waals surface area contributed by atoms with E-state index in [-0.39, 0.29) is 99.5 Å². The second-order valence-corrected chi connectivity index (χ2v) is 30.8. The number of phenolic OH excluding ortho intramolecular Hbond substituents is 1. The van der Waals surface area contributed by atoms with Crippen LogP contribution in [0, 0.1) is 5.92 Å². The van der Waals surface area contributed by atoms with E-state index in [0.717, 1.165) is 42.3 Å². The lowest BCUT2D eigenvalue weighted by Gasteiger charge is -2.28. The van der Waals surface area contributed by atoms with Crippen molar-refractivity contribution < 1.29 is 53.1 Å². The molecule has 0 aliphatic carbocycles. The molecule has 3 aliphatic rings. The summed E-state index contributed by atoms with van der Waals surface area (Å²) in [6.45, 7) is 3.11. The Hall–Kier alpha value is -8.56. The number of hydrogen-bond acceptors (Lipinski definition) is 15. The molecule has 584 valence electrons. The molecule has 3 aliphatic heterocycles. The number of nitrogens with two attached hydrogens (primary N) is 2. The first-order valence-electron chi connectivity index (χ1n) is 39.1. The Morgan fingerprint density at radius 2 is 1.32 bits per heavy atom. The third-order valence-corrected chi connectivity index (χ3v) is 22.3. The van der Waals surface area contributed by atoms with Gasteiger partial charge in [0.25, 0.3) is 0 Å². The molecule has 0 unspecified atom stereocenters. The van der Waals surface area contributed by atoms with Crippen LogP contribution in [0.4, 0.5) is 4.79 Å². The van der Waals surface area contributed by atoms with Crippen LogP contribution >= 0.6 is 23.4 Å². The van der Waals surface area contributed by atoms with Gasteiger partial charge in [-0.1, -0.05) is 150 Å². The van der Waals surface area contributed by atoms with Gasteiger partial charge in [-0.2, -0.15) is 11.8 Å². The highest BCUT2D eigenvalue weighted by Crippen LogP contribution is 2.33. The minimum Gasteiger partial charge on any atom is -0.508 e. The number of nitrogens with zero attached hydrogens (tertiary/aromatic N) is 3. The highest BCUT2D eigenvalue weighted by Gasteiger charge is 2.43. The number of phenols is 1. The number of fused-ring (bicyclic) bond motifs is 4. The van der Waals surface area contributed by atoms with E-state index in [1.54, 1.807) is 65.2 Å². The molecule has 26 nitrogen and oxygen atoms in total. The van der Waals surface area contributed by atoms with Gasteiger partial charge in [0, 0.05) is 90.4 Å². The second kappa shape index (κ2) is 45.3. The number of nitrogens with one attached hydrogen (secondary N) is 10. The highest BCUT2D eigenvalue weighted by atomic mass is 35.5. The summed E-state index contributed by atoms with van der Waals surface area (Å²) in [4.78, 5) is 146. The standard InChI is InChI=1S/C79H114ClN15O11S/c1-2-3-4-5-6-7-8-9-10-11-12-13-14-31-70(98)83-42-23-20-27-61(73(82)100)86-75(102)62-29-21-24-43-95-50-57(93-94-95)48-66(85-71(99)32-18-17-30-69-72-67(51-107-69)91-79(106)92-72)78(105)90-65(46-55-49-84-60-26-16-15-25-59(55)60)77(104)88-63(28-19-22-41-81)76(103)89-64(45-53-35-39-58(96)40-36-53)68(97)47-54(74(101)87-62)44-52-33-37-56(80)38-34-52/h15-16,25-26,33-40,49-50,54,61-67,69,72,84,96H,2-14,17-24,27-32,41-48,51,81H2,1H3,(H2,82,100)(H,83,98)(H,85,99)(H,86,102)(H,87,101)(H,88,104)(H,89,103)(H,90,105)(H2,91,92,106)/t54-,61-,62-,63+,64+,65+,66-,67+,69+,72+/m1/s1. The minimum absolute atomic E-state index is 0.00247. The molecular weight excluding hydrogens is 1400 g/mol. The number of urea groups is 1. The van der Waals surface area contributed by atoms with E-state index in [9.17, 15) is 29.1 Å². The third-order valence-electron chi connectivity index (χ3n) is 20.5. The molecule has 107 heavy (non-hydrogen) atoms. The van der Waals surface area contributed by atoms with E-state index in [0.29, 0.717) is 91.7 Å². The van der Waals surface area contributed by atoms with Crippen LogP contribution < -0.4 is 59.3 Å². The zero-order valence-electron chi connectivity index (χ0n) is 62.1. The van der Waals surface area contributed by atoms with Crippen LogP contribution in [-0.4, -0.2) is 157 Å². The Morgan fingerprint density at radius 3 is 2.05 bits per heavy atom. The number of rotatable bonds is 38. The number of halogens is 1. The van der Waals surface area contributed by atoms with Gasteiger partial charge >= 0.3 is 6.03 Å². The molecule has 2 aromatic heterocycles. The number of H-pyrrole nitrogens is 1. The van der Waals surface area contributed by atoms with Crippen LogP contribution in [-0.2, 0) is 75.4 Å². The molecule has 28 heteroatoms. The number of hydrogen-bond donors (Lipinski definition) is 13. The van der Waals surface area contributed by atoms with Gasteiger partial charge in [-0.3, -0.25) is 47.8 Å². The fraction of sp³-hybridized carbons (Fsp3) is 0.595. The number of primary amides is 1. The maximum atomic E-state index is 15.3. The summed E-state index contributed by atoms with van der Waals surface area (Å²) in [6.07, 6.45) is 23.3. The van der Waals surface area contributed by atoms with E-state index in [1.807, 2.05) is 24.3 Å². The van der Waals surface area contributed by atoms with Crippen molar-refractivity contribution in [3.63, 3.8) is 0 Å². The number of ketones is 1. The topological polar surface area (TPSA) is 398 Å². The number of amides is 10. The lowest BCUT2D eigenvalue weighted by atomic mass is 9.89. The molecular formula is C79H114ClN15O11S. The quantitative estimate of drug-likeness (QED) is 0.0131. The predicted octanol–water partition coefficient (Wildman–Crippen LogP) is 8.17. The third kappa shape index (κ3) is 28.8. The van der Waals surface area contributed by atoms with E-state index < -0.39 is 95.7 Å². The summed E-state index contributed by atoms with van der Waals surface area (Å²) < 4.78 is 1.56. The minimum atomic E-state index is -1.35. The van der Waals surface area contributed by atoms with Crippen LogP contribution in [0.3, 0.4) is 0 Å². The smallest absolute Gasteiger partial charge is 0.315 e. The predicted molar refractivity (Wildman–Crippen MR) is 414 cm³/mol. The van der Waals surface area contributed by atoms with Crippen LogP contribution in [0.5, 0.6) is 5.75 Å².